The Bertz CT molecular complexity index is 963. The normalized spacial score (nSPS) is 21.1. The van der Waals surface area contributed by atoms with Crippen molar-refractivity contribution in [2.45, 2.75) is 49.4 Å². The maximum absolute atomic E-state index is 14.7. The first-order chi connectivity index (χ1) is 13.1. The molecule has 1 spiro atoms. The Kier molecular flexibility index (Phi) is 3.46. The minimum absolute atomic E-state index is 0.0843. The molecule has 0 unspecified atom stereocenters. The molecule has 3 aliphatic rings. The van der Waals surface area contributed by atoms with Crippen LogP contribution in [0.25, 0.3) is 0 Å². The van der Waals surface area contributed by atoms with Crippen molar-refractivity contribution in [2.24, 2.45) is 0 Å². The second kappa shape index (κ2) is 5.66. The molecule has 2 aromatic carbocycles. The molecule has 27 heavy (non-hydrogen) atoms. The van der Waals surface area contributed by atoms with Crippen LogP contribution in [0.4, 0.5) is 10.1 Å². The molecule has 1 heterocycles. The van der Waals surface area contributed by atoms with Crippen molar-refractivity contribution in [3.8, 4) is 6.07 Å². The third-order valence-electron chi connectivity index (χ3n) is 6.73. The zero-order valence-corrected chi connectivity index (χ0v) is 15.2. The second-order valence-electron chi connectivity index (χ2n) is 8.28. The molecule has 3 nitrogen and oxygen atoms in total. The predicted molar refractivity (Wildman–Crippen MR) is 101 cm³/mol. The third-order valence-corrected chi connectivity index (χ3v) is 6.73. The van der Waals surface area contributed by atoms with E-state index < -0.39 is 0 Å². The highest BCUT2D eigenvalue weighted by atomic mass is 19.1. The summed E-state index contributed by atoms with van der Waals surface area (Å²) in [5, 5.41) is 9.35. The van der Waals surface area contributed by atoms with E-state index in [-0.39, 0.29) is 22.6 Å². The summed E-state index contributed by atoms with van der Waals surface area (Å²) in [5.74, 6) is -0.274. The van der Waals surface area contributed by atoms with Crippen molar-refractivity contribution in [1.82, 2.24) is 0 Å². The molecule has 0 N–H and O–H groups in total. The summed E-state index contributed by atoms with van der Waals surface area (Å²) < 4.78 is 14.7. The number of benzene rings is 2. The van der Waals surface area contributed by atoms with E-state index in [4.69, 9.17) is 0 Å². The maximum atomic E-state index is 14.7. The van der Waals surface area contributed by atoms with Gasteiger partial charge in [-0.1, -0.05) is 31.0 Å². The zero-order valence-electron chi connectivity index (χ0n) is 15.2. The largest absolute Gasteiger partial charge is 0.307 e. The van der Waals surface area contributed by atoms with Crippen LogP contribution < -0.4 is 4.90 Å². The van der Waals surface area contributed by atoms with E-state index in [1.165, 1.54) is 6.07 Å². The number of anilines is 1. The molecular weight excluding hydrogens is 339 g/mol. The number of fused-ring (bicyclic) bond motifs is 2. The lowest BCUT2D eigenvalue weighted by atomic mass is 9.80. The van der Waals surface area contributed by atoms with E-state index in [1.54, 1.807) is 11.0 Å². The molecule has 0 aromatic heterocycles. The highest BCUT2D eigenvalue weighted by molar-refractivity contribution is 6.07. The molecule has 2 aromatic rings. The maximum Gasteiger partial charge on any atom is 0.258 e. The first-order valence-electron chi connectivity index (χ1n) is 9.71. The van der Waals surface area contributed by atoms with Crippen LogP contribution >= 0.6 is 0 Å². The molecule has 0 saturated heterocycles. The quantitative estimate of drug-likeness (QED) is 0.768. The van der Waals surface area contributed by atoms with E-state index in [9.17, 15) is 14.4 Å². The van der Waals surface area contributed by atoms with Gasteiger partial charge in [0.15, 0.2) is 0 Å². The lowest BCUT2D eigenvalue weighted by Crippen LogP contribution is -2.35. The van der Waals surface area contributed by atoms with Crippen LogP contribution in [-0.4, -0.2) is 12.5 Å². The fraction of sp³-hybridized carbons (Fsp3) is 0.391. The molecule has 0 atom stereocenters. The predicted octanol–water partition coefficient (Wildman–Crippen LogP) is 4.85. The fourth-order valence-electron chi connectivity index (χ4n) is 5.05. The van der Waals surface area contributed by atoms with E-state index in [2.05, 4.69) is 6.07 Å². The summed E-state index contributed by atoms with van der Waals surface area (Å²) in [5.41, 5.74) is 2.46. The van der Waals surface area contributed by atoms with Crippen LogP contribution in [0.5, 0.6) is 0 Å². The van der Waals surface area contributed by atoms with Gasteiger partial charge in [-0.25, -0.2) is 4.39 Å². The minimum Gasteiger partial charge on any atom is -0.307 e. The summed E-state index contributed by atoms with van der Waals surface area (Å²) in [7, 11) is 0. The number of amides is 1. The lowest BCUT2D eigenvalue weighted by molar-refractivity contribution is 0.0985. The van der Waals surface area contributed by atoms with Gasteiger partial charge < -0.3 is 4.90 Å². The molecule has 2 fully saturated rings. The van der Waals surface area contributed by atoms with E-state index in [0.29, 0.717) is 12.1 Å². The van der Waals surface area contributed by atoms with Gasteiger partial charge in [0.2, 0.25) is 0 Å². The minimum atomic E-state index is -0.348. The van der Waals surface area contributed by atoms with Crippen LogP contribution in [-0.2, 0) is 10.8 Å². The van der Waals surface area contributed by atoms with Crippen LogP contribution in [0.1, 0.15) is 60.0 Å². The molecule has 5 rings (SSSR count). The van der Waals surface area contributed by atoms with Crippen LogP contribution in [0.15, 0.2) is 42.5 Å². The van der Waals surface area contributed by atoms with Gasteiger partial charge in [0, 0.05) is 23.1 Å². The number of nitriles is 1. The SMILES string of the molecule is N#CC1(c2ccc(C(=O)N3CC4(CCCC4)c4c(F)cccc43)cc2)CC1. The lowest BCUT2D eigenvalue weighted by Gasteiger charge is -2.25. The van der Waals surface area contributed by atoms with Crippen LogP contribution in [0.2, 0.25) is 0 Å². The number of hydrogen-bond acceptors (Lipinski definition) is 2. The summed E-state index contributed by atoms with van der Waals surface area (Å²) in [6, 6.07) is 14.9. The number of carbonyl (C=O) groups is 1. The molecule has 0 bridgehead atoms. The smallest absolute Gasteiger partial charge is 0.258 e. The van der Waals surface area contributed by atoms with Crippen molar-refractivity contribution in [1.29, 1.82) is 5.26 Å². The average molecular weight is 360 g/mol. The molecule has 4 heteroatoms. The summed E-state index contributed by atoms with van der Waals surface area (Å²) in [6.07, 6.45) is 5.82. The summed E-state index contributed by atoms with van der Waals surface area (Å²) >= 11 is 0. The second-order valence-corrected chi connectivity index (χ2v) is 8.28. The van der Waals surface area contributed by atoms with Crippen molar-refractivity contribution >= 4 is 11.6 Å². The topological polar surface area (TPSA) is 44.1 Å². The molecule has 1 amide bonds. The number of nitrogens with zero attached hydrogens (tertiary/aromatic N) is 2. The van der Waals surface area contributed by atoms with E-state index >= 15 is 0 Å². The third kappa shape index (κ3) is 2.34. The van der Waals surface area contributed by atoms with Crippen molar-refractivity contribution in [3.05, 3.63) is 65.0 Å². The molecule has 0 radical (unpaired) electrons. The molecule has 2 aliphatic carbocycles. The Balaban J connectivity index is 1.50. The number of carbonyl (C=O) groups excluding carboxylic acids is 1. The fourth-order valence-corrected chi connectivity index (χ4v) is 5.05. The zero-order chi connectivity index (χ0) is 18.6. The van der Waals surface area contributed by atoms with Crippen LogP contribution in [0, 0.1) is 17.1 Å². The Labute approximate surface area is 158 Å². The molecular formula is C23H21FN2O. The van der Waals surface area contributed by atoms with Gasteiger partial charge in [-0.05, 0) is 55.5 Å². The van der Waals surface area contributed by atoms with E-state index in [1.807, 2.05) is 30.3 Å². The highest BCUT2D eigenvalue weighted by Gasteiger charge is 2.48. The number of hydrogen-bond donors (Lipinski definition) is 0. The molecule has 2 saturated carbocycles. The van der Waals surface area contributed by atoms with Gasteiger partial charge in [0.05, 0.1) is 17.2 Å². The van der Waals surface area contributed by atoms with E-state index in [0.717, 1.165) is 55.3 Å². The van der Waals surface area contributed by atoms with Gasteiger partial charge in [-0.3, -0.25) is 4.79 Å². The first kappa shape index (κ1) is 16.5. The summed E-state index contributed by atoms with van der Waals surface area (Å²) in [4.78, 5) is 15.0. The Hall–Kier alpha value is -2.67. The Morgan fingerprint density at radius 2 is 1.74 bits per heavy atom. The van der Waals surface area contributed by atoms with Crippen molar-refractivity contribution < 1.29 is 9.18 Å². The molecule has 136 valence electrons. The van der Waals surface area contributed by atoms with Gasteiger partial charge >= 0.3 is 0 Å². The number of rotatable bonds is 2. The molecule has 1 aliphatic heterocycles. The van der Waals surface area contributed by atoms with Crippen molar-refractivity contribution in [2.75, 3.05) is 11.4 Å². The van der Waals surface area contributed by atoms with Crippen LogP contribution in [0.3, 0.4) is 0 Å². The van der Waals surface area contributed by atoms with Gasteiger partial charge in [0.25, 0.3) is 5.91 Å². The van der Waals surface area contributed by atoms with Gasteiger partial charge in [0.1, 0.15) is 5.82 Å². The Morgan fingerprint density at radius 3 is 2.37 bits per heavy atom. The van der Waals surface area contributed by atoms with Gasteiger partial charge in [-0.2, -0.15) is 5.26 Å². The highest BCUT2D eigenvalue weighted by Crippen LogP contribution is 2.52. The van der Waals surface area contributed by atoms with Crippen molar-refractivity contribution in [3.63, 3.8) is 0 Å². The Morgan fingerprint density at radius 1 is 1.04 bits per heavy atom. The monoisotopic (exact) mass is 360 g/mol. The number of halogens is 1. The first-order valence-corrected chi connectivity index (χ1v) is 9.71. The summed E-state index contributed by atoms with van der Waals surface area (Å²) in [6.45, 7) is 0.561. The van der Waals surface area contributed by atoms with Gasteiger partial charge in [-0.15, -0.1) is 0 Å². The standard InChI is InChI=1S/C23H21FN2O/c24-18-4-3-5-19-20(18)23(10-1-2-11-23)15-26(19)21(27)16-6-8-17(9-7-16)22(14-25)12-13-22/h3-9H,1-2,10-13,15H2. The average Bonchev–Trinajstić information content (AvgIpc) is 3.25.